The normalized spacial score (nSPS) is 13.0. The van der Waals surface area contributed by atoms with Crippen molar-refractivity contribution in [1.29, 1.82) is 0 Å². The molecule has 0 spiro atoms. The van der Waals surface area contributed by atoms with Crippen LogP contribution < -0.4 is 21.6 Å². The zero-order chi connectivity index (χ0) is 20.0. The van der Waals surface area contributed by atoms with Gasteiger partial charge in [0.05, 0.1) is 16.8 Å². The predicted octanol–water partition coefficient (Wildman–Crippen LogP) is 1.61. The fraction of sp³-hybridized carbons (Fsp3) is 0.190. The van der Waals surface area contributed by atoms with Crippen molar-refractivity contribution >= 4 is 28.3 Å². The van der Waals surface area contributed by atoms with Crippen LogP contribution in [0.4, 0.5) is 5.69 Å². The van der Waals surface area contributed by atoms with E-state index in [0.29, 0.717) is 17.3 Å². The Kier molecular flexibility index (Phi) is 5.50. The average molecular weight is 439 g/mol. The van der Waals surface area contributed by atoms with Crippen molar-refractivity contribution in [2.45, 2.75) is 13.8 Å². The van der Waals surface area contributed by atoms with Gasteiger partial charge in [0.2, 0.25) is 10.9 Å². The molecular weight excluding hydrogens is 422 g/mol. The Morgan fingerprint density at radius 3 is 2.10 bits per heavy atom. The number of nitrogens with zero attached hydrogens (tertiary/aromatic N) is 2. The van der Waals surface area contributed by atoms with Gasteiger partial charge >= 0.3 is 17.1 Å². The quantitative estimate of drug-likeness (QED) is 0.379. The van der Waals surface area contributed by atoms with Crippen molar-refractivity contribution in [3.05, 3.63) is 79.4 Å². The maximum atomic E-state index is 12.7. The number of imide groups is 1. The topological polar surface area (TPSA) is 95.9 Å². The molecule has 0 aliphatic carbocycles. The number of anilines is 1. The summed E-state index contributed by atoms with van der Waals surface area (Å²) < 4.78 is 0. The van der Waals surface area contributed by atoms with Gasteiger partial charge in [-0.15, -0.1) is 0 Å². The second kappa shape index (κ2) is 7.73. The molecule has 0 unspecified atom stereocenters. The van der Waals surface area contributed by atoms with Crippen molar-refractivity contribution in [1.82, 2.24) is 4.90 Å². The number of nitrogens with one attached hydrogen (secondary N) is 1. The molecule has 29 heavy (non-hydrogen) atoms. The molecule has 1 heterocycles. The maximum absolute atomic E-state index is 12.7. The average Bonchev–Trinajstić information content (AvgIpc) is 3.07. The van der Waals surface area contributed by atoms with Crippen LogP contribution in [0.2, 0.25) is 0 Å². The number of hydrogen-bond donors (Lipinski definition) is 1. The van der Waals surface area contributed by atoms with Crippen LogP contribution in [0.1, 0.15) is 34.6 Å². The molecule has 149 valence electrons. The van der Waals surface area contributed by atoms with Gasteiger partial charge in [0, 0.05) is 17.3 Å². The van der Waals surface area contributed by atoms with Crippen molar-refractivity contribution in [3.63, 3.8) is 0 Å². The van der Waals surface area contributed by atoms with E-state index < -0.39 is 16.8 Å². The van der Waals surface area contributed by atoms with Crippen LogP contribution in [-0.4, -0.2) is 23.3 Å². The van der Waals surface area contributed by atoms with Crippen LogP contribution in [0.15, 0.2) is 57.2 Å². The zero-order valence-electron chi connectivity index (χ0n) is 15.7. The number of carbonyl (C=O) groups excluding carboxylic acids is 2. The van der Waals surface area contributed by atoms with Crippen LogP contribution in [0.5, 0.6) is 0 Å². The fourth-order valence-electron chi connectivity index (χ4n) is 3.41. The molecule has 7 nitrogen and oxygen atoms in total. The van der Waals surface area contributed by atoms with Gasteiger partial charge in [-0.2, -0.15) is 5.10 Å². The molecule has 8 heteroatoms. The maximum Gasteiger partial charge on any atom is 2.00 e. The second-order valence-electron chi connectivity index (χ2n) is 7.12. The van der Waals surface area contributed by atoms with Crippen molar-refractivity contribution in [2.75, 3.05) is 12.0 Å². The van der Waals surface area contributed by atoms with Crippen molar-refractivity contribution < 1.29 is 26.7 Å². The van der Waals surface area contributed by atoms with E-state index in [2.05, 4.69) is 10.5 Å². The molecule has 1 radical (unpaired) electrons. The summed E-state index contributed by atoms with van der Waals surface area (Å²) in [4.78, 5) is 51.4. The molecule has 4 rings (SSSR count). The van der Waals surface area contributed by atoms with Crippen LogP contribution in [0.25, 0.3) is 10.8 Å². The Bertz CT molecular complexity index is 1240. The molecule has 1 aliphatic rings. The molecule has 2 amide bonds. The predicted molar refractivity (Wildman–Crippen MR) is 105 cm³/mol. The standard InChI is InChI=1S/C21H17N3O4.Cu/c1-11(2)10-24-20(27)14-8-5-9-15(16(14)21(24)28)22-23-17-18(25)12-6-3-4-7-13(12)19(17)26;/h3-9,11,22H,10H2,1-2H3;/q;+2. The summed E-state index contributed by atoms with van der Waals surface area (Å²) in [7, 11) is 0. The van der Waals surface area contributed by atoms with E-state index >= 15 is 0 Å². The summed E-state index contributed by atoms with van der Waals surface area (Å²) in [5.74, 6) is -0.638. The number of fused-ring (bicyclic) bond motifs is 2. The van der Waals surface area contributed by atoms with Crippen LogP contribution in [0, 0.1) is 5.92 Å². The summed E-state index contributed by atoms with van der Waals surface area (Å²) in [6.07, 6.45) is 0. The number of benzene rings is 2. The molecule has 0 atom stereocenters. The molecule has 1 N–H and O–H groups in total. The van der Waals surface area contributed by atoms with E-state index in [1.54, 1.807) is 42.5 Å². The minimum absolute atomic E-state index is 0. The first-order chi connectivity index (χ1) is 13.4. The van der Waals surface area contributed by atoms with Gasteiger partial charge in [0.25, 0.3) is 11.8 Å². The molecular formula is C21H17CuN3O4+2. The summed E-state index contributed by atoms with van der Waals surface area (Å²) in [5, 5.41) is 4.35. The molecule has 3 aromatic carbocycles. The second-order valence-corrected chi connectivity index (χ2v) is 7.12. The van der Waals surface area contributed by atoms with Gasteiger partial charge in [-0.1, -0.05) is 44.2 Å². The molecule has 0 bridgehead atoms. The summed E-state index contributed by atoms with van der Waals surface area (Å²) in [6, 6.07) is 11.3. The monoisotopic (exact) mass is 438 g/mol. The van der Waals surface area contributed by atoms with E-state index in [9.17, 15) is 19.2 Å². The van der Waals surface area contributed by atoms with Crippen molar-refractivity contribution in [2.24, 2.45) is 11.0 Å². The molecule has 0 fully saturated rings. The van der Waals surface area contributed by atoms with E-state index in [0.717, 1.165) is 0 Å². The Morgan fingerprint density at radius 1 is 0.897 bits per heavy atom. The van der Waals surface area contributed by atoms with E-state index in [-0.39, 0.29) is 51.1 Å². The van der Waals surface area contributed by atoms with E-state index in [1.165, 1.54) is 4.90 Å². The van der Waals surface area contributed by atoms with Gasteiger partial charge in [-0.25, -0.2) is 0 Å². The smallest absolute Gasteiger partial charge is 0.287 e. The van der Waals surface area contributed by atoms with Gasteiger partial charge in [0.15, 0.2) is 5.36 Å². The Hall–Kier alpha value is -3.09. The van der Waals surface area contributed by atoms with E-state index in [1.807, 2.05) is 13.8 Å². The molecule has 0 aromatic heterocycles. The first kappa shape index (κ1) is 20.6. The number of carbonyl (C=O) groups is 2. The third kappa shape index (κ3) is 3.30. The Balaban J connectivity index is 0.00000240. The largest absolute Gasteiger partial charge is 2.00 e. The van der Waals surface area contributed by atoms with Gasteiger partial charge in [-0.05, 0) is 18.1 Å². The third-order valence-electron chi connectivity index (χ3n) is 4.68. The third-order valence-corrected chi connectivity index (χ3v) is 4.68. The summed E-state index contributed by atoms with van der Waals surface area (Å²) >= 11 is 0. The first-order valence-electron chi connectivity index (χ1n) is 8.91. The van der Waals surface area contributed by atoms with E-state index in [4.69, 9.17) is 0 Å². The number of amides is 2. The van der Waals surface area contributed by atoms with Crippen LogP contribution in [-0.2, 0) is 17.1 Å². The number of rotatable bonds is 4. The minimum atomic E-state index is -0.468. The minimum Gasteiger partial charge on any atom is -0.287 e. The van der Waals surface area contributed by atoms with Crippen molar-refractivity contribution in [3.8, 4) is 0 Å². The van der Waals surface area contributed by atoms with Crippen LogP contribution in [0.3, 0.4) is 0 Å². The first-order valence-corrected chi connectivity index (χ1v) is 8.91. The Morgan fingerprint density at radius 2 is 1.52 bits per heavy atom. The van der Waals surface area contributed by atoms with Gasteiger partial charge in [0.1, 0.15) is 0 Å². The van der Waals surface area contributed by atoms with Crippen LogP contribution >= 0.6 is 0 Å². The Labute approximate surface area is 176 Å². The molecule has 1 aliphatic heterocycles. The van der Waals surface area contributed by atoms with Gasteiger partial charge < -0.3 is 0 Å². The number of hydrogen-bond acceptors (Lipinski definition) is 6. The molecule has 0 saturated carbocycles. The van der Waals surface area contributed by atoms with Gasteiger partial charge in [-0.3, -0.25) is 29.5 Å². The molecule has 0 saturated heterocycles. The zero-order valence-corrected chi connectivity index (χ0v) is 16.6. The summed E-state index contributed by atoms with van der Waals surface area (Å²) in [5.41, 5.74) is 2.48. The fourth-order valence-corrected chi connectivity index (χ4v) is 3.41. The SMILES string of the molecule is CC(C)CN1C(=O)c2cccc(NN=c3c(=O)c4ccccc4c3=O)c2C1=O.[Cu+2]. The molecule has 3 aromatic rings. The summed E-state index contributed by atoms with van der Waals surface area (Å²) in [6.45, 7) is 4.15.